The molecule has 1 atom stereocenters. The number of halogens is 1. The smallest absolute Gasteiger partial charge is 0.247 e. The Kier molecular flexibility index (Phi) is 3.60. The number of likely N-dealkylation sites (N-methyl/N-ethyl adjacent to an activating group) is 1. The van der Waals surface area contributed by atoms with E-state index in [0.29, 0.717) is 23.4 Å². The molecule has 7 heteroatoms. The highest BCUT2D eigenvalue weighted by Crippen LogP contribution is 2.57. The molecule has 138 valence electrons. The fourth-order valence-corrected chi connectivity index (χ4v) is 4.82. The molecule has 1 unspecified atom stereocenters. The lowest BCUT2D eigenvalue weighted by molar-refractivity contribution is -0.125. The van der Waals surface area contributed by atoms with E-state index in [9.17, 15) is 14.9 Å². The van der Waals surface area contributed by atoms with E-state index in [0.717, 1.165) is 4.47 Å². The fourth-order valence-electron chi connectivity index (χ4n) is 4.46. The summed E-state index contributed by atoms with van der Waals surface area (Å²) >= 11 is 3.44. The molecule has 2 aliphatic heterocycles. The fraction of sp³-hybridized carbons (Fsp3) is 0.350. The molecule has 2 heterocycles. The molecule has 0 bridgehead atoms. The van der Waals surface area contributed by atoms with Gasteiger partial charge in [-0.2, -0.15) is 5.26 Å². The number of ether oxygens (including phenoxy) is 1. The molecular formula is C20H18BrN3O3. The molecule has 1 aromatic carbocycles. The maximum atomic E-state index is 13.6. The second-order valence-corrected chi connectivity index (χ2v) is 8.88. The SMILES string of the molecule is CN1C(=O)C2(C(C#N)=C(N)OC3=C2C(=O)CC(C)(C)C3)c2cc(Br)ccc21. The van der Waals surface area contributed by atoms with Gasteiger partial charge in [-0.3, -0.25) is 9.59 Å². The Labute approximate surface area is 165 Å². The normalized spacial score (nSPS) is 26.1. The molecule has 0 saturated carbocycles. The second-order valence-electron chi connectivity index (χ2n) is 7.97. The summed E-state index contributed by atoms with van der Waals surface area (Å²) in [5.41, 5.74) is 5.69. The van der Waals surface area contributed by atoms with Crippen LogP contribution in [0.2, 0.25) is 0 Å². The number of amides is 1. The molecule has 27 heavy (non-hydrogen) atoms. The number of carbonyl (C=O) groups excluding carboxylic acids is 2. The summed E-state index contributed by atoms with van der Waals surface area (Å²) in [6.45, 7) is 3.94. The van der Waals surface area contributed by atoms with Crippen molar-refractivity contribution in [2.75, 3.05) is 11.9 Å². The molecular weight excluding hydrogens is 410 g/mol. The van der Waals surface area contributed by atoms with Gasteiger partial charge in [0.1, 0.15) is 22.8 Å². The summed E-state index contributed by atoms with van der Waals surface area (Å²) in [5.74, 6) is -0.270. The predicted octanol–water partition coefficient (Wildman–Crippen LogP) is 3.03. The van der Waals surface area contributed by atoms with Gasteiger partial charge < -0.3 is 15.4 Å². The van der Waals surface area contributed by atoms with Crippen LogP contribution in [0.15, 0.2) is 45.5 Å². The first-order chi connectivity index (χ1) is 12.6. The molecule has 3 aliphatic rings. The average Bonchev–Trinajstić information content (AvgIpc) is 2.76. The number of anilines is 1. The van der Waals surface area contributed by atoms with Crippen molar-refractivity contribution in [2.45, 2.75) is 32.1 Å². The Morgan fingerprint density at radius 2 is 2.00 bits per heavy atom. The molecule has 0 fully saturated rings. The molecule has 2 N–H and O–H groups in total. The van der Waals surface area contributed by atoms with Gasteiger partial charge in [0.2, 0.25) is 11.8 Å². The highest BCUT2D eigenvalue weighted by Gasteiger charge is 2.62. The van der Waals surface area contributed by atoms with Crippen LogP contribution in [0.4, 0.5) is 5.69 Å². The number of nitriles is 1. The zero-order valence-corrected chi connectivity index (χ0v) is 16.8. The summed E-state index contributed by atoms with van der Waals surface area (Å²) in [6.07, 6.45) is 0.742. The highest BCUT2D eigenvalue weighted by atomic mass is 79.9. The largest absolute Gasteiger partial charge is 0.444 e. The number of benzene rings is 1. The van der Waals surface area contributed by atoms with Gasteiger partial charge in [-0.25, -0.2) is 0 Å². The minimum absolute atomic E-state index is 0.0250. The van der Waals surface area contributed by atoms with E-state index in [1.807, 2.05) is 19.9 Å². The topological polar surface area (TPSA) is 96.4 Å². The van der Waals surface area contributed by atoms with Gasteiger partial charge in [-0.05, 0) is 23.6 Å². The second kappa shape index (κ2) is 5.46. The van der Waals surface area contributed by atoms with Gasteiger partial charge >= 0.3 is 0 Å². The number of allylic oxidation sites excluding steroid dienone is 1. The standard InChI is InChI=1S/C20H18BrN3O3/c1-19(2)7-14(25)16-15(8-19)27-17(23)12(9-22)20(16)11-6-10(21)4-5-13(11)24(3)18(20)26/h4-6H,7-8,23H2,1-3H3. The van der Waals surface area contributed by atoms with Crippen molar-refractivity contribution in [2.24, 2.45) is 11.1 Å². The monoisotopic (exact) mass is 427 g/mol. The third-order valence-electron chi connectivity index (χ3n) is 5.53. The van der Waals surface area contributed by atoms with E-state index in [2.05, 4.69) is 22.0 Å². The first kappa shape index (κ1) is 17.8. The maximum absolute atomic E-state index is 13.6. The number of carbonyl (C=O) groups is 2. The molecule has 1 amide bonds. The van der Waals surface area contributed by atoms with E-state index >= 15 is 0 Å². The van der Waals surface area contributed by atoms with E-state index in [1.54, 1.807) is 19.2 Å². The molecule has 0 saturated heterocycles. The lowest BCUT2D eigenvalue weighted by Crippen LogP contribution is -2.49. The predicted molar refractivity (Wildman–Crippen MR) is 102 cm³/mol. The summed E-state index contributed by atoms with van der Waals surface area (Å²) in [4.78, 5) is 28.3. The van der Waals surface area contributed by atoms with E-state index < -0.39 is 5.41 Å². The third-order valence-corrected chi connectivity index (χ3v) is 6.02. The van der Waals surface area contributed by atoms with Gasteiger partial charge in [0.25, 0.3) is 0 Å². The molecule has 1 aliphatic carbocycles. The van der Waals surface area contributed by atoms with Crippen LogP contribution in [0.25, 0.3) is 0 Å². The first-order valence-electron chi connectivity index (χ1n) is 8.56. The average molecular weight is 428 g/mol. The van der Waals surface area contributed by atoms with Crippen LogP contribution in [0, 0.1) is 16.7 Å². The number of fused-ring (bicyclic) bond motifs is 3. The van der Waals surface area contributed by atoms with Crippen LogP contribution in [0.1, 0.15) is 32.3 Å². The molecule has 4 rings (SSSR count). The number of hydrogen-bond acceptors (Lipinski definition) is 5. The van der Waals surface area contributed by atoms with Gasteiger partial charge in [0, 0.05) is 35.6 Å². The van der Waals surface area contributed by atoms with Gasteiger partial charge in [-0.15, -0.1) is 0 Å². The van der Waals surface area contributed by atoms with Crippen molar-refractivity contribution < 1.29 is 14.3 Å². The molecule has 0 radical (unpaired) electrons. The zero-order chi connectivity index (χ0) is 19.7. The van der Waals surface area contributed by atoms with E-state index in [4.69, 9.17) is 10.5 Å². The lowest BCUT2D eigenvalue weighted by Gasteiger charge is -2.41. The number of nitrogens with zero attached hydrogens (tertiary/aromatic N) is 2. The van der Waals surface area contributed by atoms with Crippen LogP contribution >= 0.6 is 15.9 Å². The Hall–Kier alpha value is -2.59. The molecule has 1 spiro atoms. The van der Waals surface area contributed by atoms with E-state index in [-0.39, 0.29) is 40.6 Å². The third kappa shape index (κ3) is 2.16. The van der Waals surface area contributed by atoms with Gasteiger partial charge in [-0.1, -0.05) is 29.8 Å². The number of ketones is 1. The summed E-state index contributed by atoms with van der Waals surface area (Å²) < 4.78 is 6.47. The van der Waals surface area contributed by atoms with Crippen LogP contribution in [-0.4, -0.2) is 18.7 Å². The van der Waals surface area contributed by atoms with Crippen molar-refractivity contribution in [1.82, 2.24) is 0 Å². The van der Waals surface area contributed by atoms with E-state index in [1.165, 1.54) is 4.90 Å². The van der Waals surface area contributed by atoms with Crippen LogP contribution < -0.4 is 10.6 Å². The Bertz CT molecular complexity index is 1030. The Morgan fingerprint density at radius 1 is 1.30 bits per heavy atom. The molecule has 0 aromatic heterocycles. The van der Waals surface area contributed by atoms with Gasteiger partial charge in [0.15, 0.2) is 5.78 Å². The van der Waals surface area contributed by atoms with Gasteiger partial charge in [0.05, 0.1) is 5.57 Å². The van der Waals surface area contributed by atoms with Crippen molar-refractivity contribution in [3.63, 3.8) is 0 Å². The van der Waals surface area contributed by atoms with Crippen LogP contribution in [0.5, 0.6) is 0 Å². The minimum atomic E-state index is -1.55. The summed E-state index contributed by atoms with van der Waals surface area (Å²) in [7, 11) is 1.64. The summed E-state index contributed by atoms with van der Waals surface area (Å²) in [6, 6.07) is 7.45. The number of hydrogen-bond donors (Lipinski definition) is 1. The lowest BCUT2D eigenvalue weighted by atomic mass is 9.62. The first-order valence-corrected chi connectivity index (χ1v) is 9.36. The number of nitrogens with two attached hydrogens (primary N) is 1. The molecule has 6 nitrogen and oxygen atoms in total. The Morgan fingerprint density at radius 3 is 2.67 bits per heavy atom. The summed E-state index contributed by atoms with van der Waals surface area (Å²) in [5, 5.41) is 9.88. The zero-order valence-electron chi connectivity index (χ0n) is 15.2. The van der Waals surface area contributed by atoms with Crippen LogP contribution in [-0.2, 0) is 19.7 Å². The minimum Gasteiger partial charge on any atom is -0.444 e. The Balaban J connectivity index is 2.13. The van der Waals surface area contributed by atoms with Crippen molar-refractivity contribution in [1.29, 1.82) is 5.26 Å². The number of Topliss-reactive ketones (excluding diaryl/α,β-unsaturated/α-hetero) is 1. The van der Waals surface area contributed by atoms with Crippen molar-refractivity contribution in [3.8, 4) is 6.07 Å². The van der Waals surface area contributed by atoms with Crippen LogP contribution in [0.3, 0.4) is 0 Å². The maximum Gasteiger partial charge on any atom is 0.247 e. The highest BCUT2D eigenvalue weighted by molar-refractivity contribution is 9.10. The quantitative estimate of drug-likeness (QED) is 0.685. The number of rotatable bonds is 0. The van der Waals surface area contributed by atoms with Crippen molar-refractivity contribution >= 4 is 33.3 Å². The molecule has 1 aromatic rings. The van der Waals surface area contributed by atoms with Crippen molar-refractivity contribution in [3.05, 3.63) is 51.0 Å².